The van der Waals surface area contributed by atoms with E-state index in [9.17, 15) is 0 Å². The Bertz CT molecular complexity index is 4320. The summed E-state index contributed by atoms with van der Waals surface area (Å²) in [5, 5.41) is 4.77. The lowest BCUT2D eigenvalue weighted by atomic mass is 9.93. The number of nitrogens with zero attached hydrogens (tertiary/aromatic N) is 2. The topological polar surface area (TPSA) is 21.3 Å². The molecule has 0 atom stereocenters. The molecule has 0 spiro atoms. The number of rotatable bonds is 10. The molecule has 3 heteroatoms. The molecular weight excluding hydrogens is 909 g/mol. The Labute approximate surface area is 436 Å². The smallest absolute Gasteiger partial charge is 0.143 e. The third kappa shape index (κ3) is 7.86. The maximum atomic E-state index is 6.40. The number of anilines is 3. The number of benzene rings is 12. The average Bonchev–Trinajstić information content (AvgIpc) is 4.06. The van der Waals surface area contributed by atoms with Crippen molar-refractivity contribution in [1.29, 1.82) is 0 Å². The Hall–Kier alpha value is -9.96. The van der Waals surface area contributed by atoms with Crippen LogP contribution in [0.3, 0.4) is 0 Å². The average molecular weight is 957 g/mol. The summed E-state index contributed by atoms with van der Waals surface area (Å²) < 4.78 is 8.83. The molecule has 0 amide bonds. The fraction of sp³-hybridized carbons (Fsp3) is 0. The number of hydrogen-bond donors (Lipinski definition) is 0. The molecule has 3 nitrogen and oxygen atoms in total. The molecule has 2 heterocycles. The van der Waals surface area contributed by atoms with Gasteiger partial charge in [0, 0.05) is 49.7 Å². The van der Waals surface area contributed by atoms with E-state index in [0.29, 0.717) is 0 Å². The van der Waals surface area contributed by atoms with Gasteiger partial charge < -0.3 is 13.9 Å². The van der Waals surface area contributed by atoms with Gasteiger partial charge in [0.1, 0.15) is 11.2 Å². The molecule has 0 aliphatic carbocycles. The zero-order chi connectivity index (χ0) is 49.7. The first-order chi connectivity index (χ1) is 37.2. The number of para-hydroxylation sites is 5. The van der Waals surface area contributed by atoms with E-state index in [1.165, 1.54) is 55.2 Å². The minimum absolute atomic E-state index is 0.907. The number of furan rings is 1. The highest BCUT2D eigenvalue weighted by molar-refractivity contribution is 6.11. The van der Waals surface area contributed by atoms with Crippen molar-refractivity contribution in [2.45, 2.75) is 0 Å². The molecule has 0 fully saturated rings. The molecule has 0 radical (unpaired) electrons. The molecule has 14 aromatic rings. The molecule has 12 aromatic carbocycles. The van der Waals surface area contributed by atoms with Gasteiger partial charge >= 0.3 is 0 Å². The SMILES string of the molecule is c1ccc(-c2ccc(-c3cccc(N(c4ccc(-c5ccc(-c6cccc7c6oc6ccccc67)cc5)cc4)c4ccc(-c5ccccc5-c5ccccc5-n5c6ccccc6c6ccccc65)cc4)c3)cc2)cc1. The van der Waals surface area contributed by atoms with Crippen LogP contribution in [-0.2, 0) is 0 Å². The summed E-state index contributed by atoms with van der Waals surface area (Å²) in [6.07, 6.45) is 0. The second-order valence-corrected chi connectivity index (χ2v) is 19.2. The van der Waals surface area contributed by atoms with Crippen LogP contribution in [0, 0.1) is 0 Å². The zero-order valence-electron chi connectivity index (χ0n) is 41.0. The molecule has 0 saturated carbocycles. The zero-order valence-corrected chi connectivity index (χ0v) is 41.0. The fourth-order valence-electron chi connectivity index (χ4n) is 11.2. The largest absolute Gasteiger partial charge is 0.455 e. The molecule has 14 rings (SSSR count). The van der Waals surface area contributed by atoms with Crippen molar-refractivity contribution in [3.8, 4) is 72.4 Å². The van der Waals surface area contributed by atoms with Crippen LogP contribution in [0.2, 0.25) is 0 Å². The van der Waals surface area contributed by atoms with Crippen molar-refractivity contribution in [1.82, 2.24) is 4.57 Å². The predicted octanol–water partition coefficient (Wildman–Crippen LogP) is 20.2. The second kappa shape index (κ2) is 18.6. The van der Waals surface area contributed by atoms with Gasteiger partial charge in [0.2, 0.25) is 0 Å². The summed E-state index contributed by atoms with van der Waals surface area (Å²) in [5.74, 6) is 0. The first-order valence-electron chi connectivity index (χ1n) is 25.6. The summed E-state index contributed by atoms with van der Waals surface area (Å²) in [7, 11) is 0. The van der Waals surface area contributed by atoms with E-state index >= 15 is 0 Å². The molecular formula is C72H48N2O. The molecule has 0 aliphatic heterocycles. The summed E-state index contributed by atoms with van der Waals surface area (Å²) in [4.78, 5) is 2.37. The highest BCUT2D eigenvalue weighted by Crippen LogP contribution is 2.43. The standard InChI is InChI=1S/C72H48N2O/c1-2-16-49(17-3-1)50-32-34-53(35-33-50)56-18-14-19-59(48-56)73(57-44-40-52(41-45-57)51-36-38-55(39-37-51)61-26-15-27-67-66-25-9-13-31-71(66)75-72(61)67)58-46-42-54(43-47-58)60-20-4-5-21-62(60)63-22-6-10-28-68(63)74-69-29-11-7-23-64(69)65-24-8-12-30-70(65)74/h1-48H. The monoisotopic (exact) mass is 956 g/mol. The minimum atomic E-state index is 0.907. The van der Waals surface area contributed by atoms with E-state index < -0.39 is 0 Å². The fourth-order valence-corrected chi connectivity index (χ4v) is 11.2. The lowest BCUT2D eigenvalue weighted by Crippen LogP contribution is -2.10. The lowest BCUT2D eigenvalue weighted by molar-refractivity contribution is 0.670. The maximum absolute atomic E-state index is 6.40. The third-order valence-corrected chi connectivity index (χ3v) is 14.9. The van der Waals surface area contributed by atoms with Gasteiger partial charge in [-0.15, -0.1) is 0 Å². The van der Waals surface area contributed by atoms with Crippen molar-refractivity contribution >= 4 is 60.8 Å². The minimum Gasteiger partial charge on any atom is -0.455 e. The van der Waals surface area contributed by atoms with Crippen LogP contribution >= 0.6 is 0 Å². The van der Waals surface area contributed by atoms with E-state index in [4.69, 9.17) is 4.42 Å². The van der Waals surface area contributed by atoms with Crippen molar-refractivity contribution in [2.24, 2.45) is 0 Å². The van der Waals surface area contributed by atoms with E-state index in [1.54, 1.807) is 0 Å². The first kappa shape index (κ1) is 43.8. The first-order valence-corrected chi connectivity index (χ1v) is 25.6. The third-order valence-electron chi connectivity index (χ3n) is 14.9. The van der Waals surface area contributed by atoms with Crippen LogP contribution in [0.25, 0.3) is 116 Å². The van der Waals surface area contributed by atoms with Crippen molar-refractivity contribution in [2.75, 3.05) is 4.90 Å². The summed E-state index contributed by atoms with van der Waals surface area (Å²) in [6.45, 7) is 0. The Balaban J connectivity index is 0.827. The molecule has 2 aromatic heterocycles. The van der Waals surface area contributed by atoms with Crippen molar-refractivity contribution in [3.05, 3.63) is 291 Å². The van der Waals surface area contributed by atoms with E-state index in [-0.39, 0.29) is 0 Å². The van der Waals surface area contributed by atoms with Crippen LogP contribution in [0.5, 0.6) is 0 Å². The normalized spacial score (nSPS) is 11.5. The summed E-state index contributed by atoms with van der Waals surface area (Å²) in [5.41, 5.74) is 22.5. The van der Waals surface area contributed by atoms with Gasteiger partial charge in [0.05, 0.1) is 16.7 Å². The molecule has 0 aliphatic rings. The molecule has 0 saturated heterocycles. The molecule has 0 N–H and O–H groups in total. The maximum Gasteiger partial charge on any atom is 0.143 e. The molecule has 75 heavy (non-hydrogen) atoms. The number of hydrogen-bond acceptors (Lipinski definition) is 2. The van der Waals surface area contributed by atoms with Gasteiger partial charge in [0.15, 0.2) is 0 Å². The Kier molecular flexibility index (Phi) is 10.8. The molecule has 0 unspecified atom stereocenters. The molecule has 0 bridgehead atoms. The Morgan fingerprint density at radius 2 is 0.680 bits per heavy atom. The van der Waals surface area contributed by atoms with Crippen LogP contribution in [0.15, 0.2) is 296 Å². The van der Waals surface area contributed by atoms with Crippen LogP contribution in [0.1, 0.15) is 0 Å². The van der Waals surface area contributed by atoms with Gasteiger partial charge in [0.25, 0.3) is 0 Å². The quantitative estimate of drug-likeness (QED) is 0.136. The molecule has 352 valence electrons. The highest BCUT2D eigenvalue weighted by Gasteiger charge is 2.19. The van der Waals surface area contributed by atoms with E-state index in [0.717, 1.165) is 78.1 Å². The van der Waals surface area contributed by atoms with Gasteiger partial charge in [-0.25, -0.2) is 0 Å². The predicted molar refractivity (Wildman–Crippen MR) is 315 cm³/mol. The number of fused-ring (bicyclic) bond motifs is 6. The van der Waals surface area contributed by atoms with Crippen molar-refractivity contribution < 1.29 is 4.42 Å². The van der Waals surface area contributed by atoms with Gasteiger partial charge in [-0.05, 0) is 116 Å². The Morgan fingerprint density at radius 3 is 1.35 bits per heavy atom. The second-order valence-electron chi connectivity index (χ2n) is 19.2. The van der Waals surface area contributed by atoms with E-state index in [2.05, 4.69) is 289 Å². The number of aromatic nitrogens is 1. The Morgan fingerprint density at radius 1 is 0.253 bits per heavy atom. The summed E-state index contributed by atoms with van der Waals surface area (Å²) in [6, 6.07) is 105. The summed E-state index contributed by atoms with van der Waals surface area (Å²) >= 11 is 0. The van der Waals surface area contributed by atoms with Gasteiger partial charge in [-0.2, -0.15) is 0 Å². The lowest BCUT2D eigenvalue weighted by Gasteiger charge is -2.26. The van der Waals surface area contributed by atoms with Crippen molar-refractivity contribution in [3.63, 3.8) is 0 Å². The van der Waals surface area contributed by atoms with Crippen LogP contribution in [0.4, 0.5) is 17.1 Å². The highest BCUT2D eigenvalue weighted by atomic mass is 16.3. The van der Waals surface area contributed by atoms with Gasteiger partial charge in [-0.3, -0.25) is 0 Å². The van der Waals surface area contributed by atoms with Gasteiger partial charge in [-0.1, -0.05) is 231 Å². The van der Waals surface area contributed by atoms with Crippen LogP contribution in [-0.4, -0.2) is 4.57 Å². The van der Waals surface area contributed by atoms with E-state index in [1.807, 2.05) is 12.1 Å². The van der Waals surface area contributed by atoms with Crippen LogP contribution < -0.4 is 4.90 Å².